The van der Waals surface area contributed by atoms with Gasteiger partial charge in [0.05, 0.1) is 12.2 Å². The predicted octanol–water partition coefficient (Wildman–Crippen LogP) is 2.58. The second-order valence-electron chi connectivity index (χ2n) is 3.10. The highest BCUT2D eigenvalue weighted by Crippen LogP contribution is 2.22. The number of benzene rings is 1. The smallest absolute Gasteiger partial charge is 0.339 e. The van der Waals surface area contributed by atoms with Gasteiger partial charge in [0, 0.05) is 17.1 Å². The average Bonchev–Trinajstić information content (AvgIpc) is 2.20. The fraction of sp³-hybridized carbons (Fsp3) is 0.273. The van der Waals surface area contributed by atoms with Crippen molar-refractivity contribution in [1.29, 1.82) is 0 Å². The van der Waals surface area contributed by atoms with Crippen LogP contribution in [0.5, 0.6) is 0 Å². The number of esters is 1. The van der Waals surface area contributed by atoms with Crippen LogP contribution in [0.2, 0.25) is 0 Å². The minimum Gasteiger partial charge on any atom is -0.462 e. The summed E-state index contributed by atoms with van der Waals surface area (Å²) >= 11 is 3.25. The van der Waals surface area contributed by atoms with Crippen LogP contribution in [0.15, 0.2) is 22.7 Å². The molecule has 0 aromatic heterocycles. The Bertz CT molecular complexity index is 418. The average molecular weight is 286 g/mol. The molecule has 0 fully saturated rings. The molecule has 0 unspecified atom stereocenters. The number of anilines is 1. The lowest BCUT2D eigenvalue weighted by molar-refractivity contribution is -0.114. The van der Waals surface area contributed by atoms with Crippen molar-refractivity contribution < 1.29 is 14.3 Å². The Morgan fingerprint density at radius 2 is 2.12 bits per heavy atom. The third-order valence-electron chi connectivity index (χ3n) is 1.78. The SMILES string of the molecule is CCOC(=O)c1cc(NC(C)=O)ccc1Br. The van der Waals surface area contributed by atoms with Crippen molar-refractivity contribution in [3.8, 4) is 0 Å². The van der Waals surface area contributed by atoms with Gasteiger partial charge in [0.25, 0.3) is 0 Å². The fourth-order valence-corrected chi connectivity index (χ4v) is 1.58. The number of carbonyl (C=O) groups excluding carboxylic acids is 2. The van der Waals surface area contributed by atoms with E-state index < -0.39 is 5.97 Å². The van der Waals surface area contributed by atoms with E-state index in [0.29, 0.717) is 22.3 Å². The molecule has 0 radical (unpaired) electrons. The lowest BCUT2D eigenvalue weighted by Gasteiger charge is -2.07. The van der Waals surface area contributed by atoms with E-state index in [1.54, 1.807) is 25.1 Å². The molecule has 1 aromatic carbocycles. The van der Waals surface area contributed by atoms with Gasteiger partial charge in [-0.05, 0) is 41.1 Å². The summed E-state index contributed by atoms with van der Waals surface area (Å²) in [5.74, 6) is -0.598. The van der Waals surface area contributed by atoms with Crippen molar-refractivity contribution in [3.05, 3.63) is 28.2 Å². The van der Waals surface area contributed by atoms with Crippen LogP contribution in [0.3, 0.4) is 0 Å². The molecule has 0 aliphatic carbocycles. The molecule has 86 valence electrons. The second-order valence-corrected chi connectivity index (χ2v) is 3.95. The standard InChI is InChI=1S/C11H12BrNO3/c1-3-16-11(15)9-6-8(13-7(2)14)4-5-10(9)12/h4-6H,3H2,1-2H3,(H,13,14). The molecule has 1 aromatic rings. The van der Waals surface area contributed by atoms with Crippen LogP contribution in [-0.4, -0.2) is 18.5 Å². The van der Waals surface area contributed by atoms with Gasteiger partial charge in [0.2, 0.25) is 5.91 Å². The van der Waals surface area contributed by atoms with Gasteiger partial charge in [-0.25, -0.2) is 4.79 Å². The number of ether oxygens (including phenoxy) is 1. The first-order valence-electron chi connectivity index (χ1n) is 4.79. The molecule has 5 heteroatoms. The molecule has 0 bridgehead atoms. The topological polar surface area (TPSA) is 55.4 Å². The molecule has 0 heterocycles. The van der Waals surface area contributed by atoms with Gasteiger partial charge in [-0.3, -0.25) is 4.79 Å². The number of amides is 1. The minimum atomic E-state index is -0.415. The van der Waals surface area contributed by atoms with Gasteiger partial charge in [0.1, 0.15) is 0 Å². The lowest BCUT2D eigenvalue weighted by Crippen LogP contribution is -2.09. The number of carbonyl (C=O) groups is 2. The summed E-state index contributed by atoms with van der Waals surface area (Å²) in [7, 11) is 0. The van der Waals surface area contributed by atoms with Crippen LogP contribution in [-0.2, 0) is 9.53 Å². The quantitative estimate of drug-likeness (QED) is 0.869. The first-order valence-corrected chi connectivity index (χ1v) is 5.58. The second kappa shape index (κ2) is 5.65. The number of rotatable bonds is 3. The lowest BCUT2D eigenvalue weighted by atomic mass is 10.2. The van der Waals surface area contributed by atoms with Gasteiger partial charge in [-0.2, -0.15) is 0 Å². The molecule has 1 N–H and O–H groups in total. The van der Waals surface area contributed by atoms with Gasteiger partial charge in [-0.15, -0.1) is 0 Å². The number of hydrogen-bond donors (Lipinski definition) is 1. The highest BCUT2D eigenvalue weighted by molar-refractivity contribution is 9.10. The Morgan fingerprint density at radius 1 is 1.44 bits per heavy atom. The van der Waals surface area contributed by atoms with E-state index in [1.165, 1.54) is 6.92 Å². The van der Waals surface area contributed by atoms with Crippen molar-refractivity contribution in [1.82, 2.24) is 0 Å². The van der Waals surface area contributed by atoms with Crippen molar-refractivity contribution >= 4 is 33.5 Å². The monoisotopic (exact) mass is 285 g/mol. The molecule has 4 nitrogen and oxygen atoms in total. The number of halogens is 1. The van der Waals surface area contributed by atoms with E-state index in [2.05, 4.69) is 21.2 Å². The summed E-state index contributed by atoms with van der Waals surface area (Å²) in [4.78, 5) is 22.4. The van der Waals surface area contributed by atoms with Gasteiger partial charge >= 0.3 is 5.97 Å². The van der Waals surface area contributed by atoms with Crippen LogP contribution in [0.4, 0.5) is 5.69 Å². The van der Waals surface area contributed by atoms with Gasteiger partial charge < -0.3 is 10.1 Å². The van der Waals surface area contributed by atoms with Crippen LogP contribution in [0.25, 0.3) is 0 Å². The molecule has 0 saturated carbocycles. The Labute approximate surface area is 102 Å². The molecule has 0 aliphatic rings. The van der Waals surface area contributed by atoms with Crippen LogP contribution in [0, 0.1) is 0 Å². The van der Waals surface area contributed by atoms with Gasteiger partial charge in [0.15, 0.2) is 0 Å². The summed E-state index contributed by atoms with van der Waals surface area (Å²) in [6.45, 7) is 3.46. The van der Waals surface area contributed by atoms with Crippen molar-refractivity contribution in [2.45, 2.75) is 13.8 Å². The number of hydrogen-bond acceptors (Lipinski definition) is 3. The van der Waals surface area contributed by atoms with Crippen LogP contribution in [0.1, 0.15) is 24.2 Å². The molecule has 0 atom stereocenters. The fourth-order valence-electron chi connectivity index (χ4n) is 1.17. The van der Waals surface area contributed by atoms with Crippen LogP contribution >= 0.6 is 15.9 Å². The van der Waals surface area contributed by atoms with Gasteiger partial charge in [-0.1, -0.05) is 0 Å². The molecule has 1 rings (SSSR count). The van der Waals surface area contributed by atoms with E-state index in [9.17, 15) is 9.59 Å². The van der Waals surface area contributed by atoms with Crippen molar-refractivity contribution in [3.63, 3.8) is 0 Å². The van der Waals surface area contributed by atoms with E-state index >= 15 is 0 Å². The number of nitrogens with one attached hydrogen (secondary N) is 1. The minimum absolute atomic E-state index is 0.183. The maximum atomic E-state index is 11.5. The Morgan fingerprint density at radius 3 is 2.69 bits per heavy atom. The third-order valence-corrected chi connectivity index (χ3v) is 2.47. The highest BCUT2D eigenvalue weighted by Gasteiger charge is 2.12. The van der Waals surface area contributed by atoms with Crippen molar-refractivity contribution in [2.75, 3.05) is 11.9 Å². The third kappa shape index (κ3) is 3.34. The van der Waals surface area contributed by atoms with E-state index in [0.717, 1.165) is 0 Å². The zero-order valence-electron chi connectivity index (χ0n) is 9.04. The summed E-state index contributed by atoms with van der Waals surface area (Å²) in [6.07, 6.45) is 0. The normalized spacial score (nSPS) is 9.69. The maximum Gasteiger partial charge on any atom is 0.339 e. The van der Waals surface area contributed by atoms with Crippen molar-refractivity contribution in [2.24, 2.45) is 0 Å². The van der Waals surface area contributed by atoms with E-state index in [1.807, 2.05) is 0 Å². The van der Waals surface area contributed by atoms with E-state index in [4.69, 9.17) is 4.74 Å². The molecule has 0 saturated heterocycles. The first-order chi connectivity index (χ1) is 7.54. The van der Waals surface area contributed by atoms with Crippen LogP contribution < -0.4 is 5.32 Å². The molecule has 1 amide bonds. The molecule has 0 spiro atoms. The zero-order chi connectivity index (χ0) is 12.1. The zero-order valence-corrected chi connectivity index (χ0v) is 10.6. The Kier molecular flexibility index (Phi) is 4.49. The summed E-state index contributed by atoms with van der Waals surface area (Å²) in [6, 6.07) is 4.97. The summed E-state index contributed by atoms with van der Waals surface area (Å²) in [5.41, 5.74) is 0.965. The summed E-state index contributed by atoms with van der Waals surface area (Å²) < 4.78 is 5.53. The highest BCUT2D eigenvalue weighted by atomic mass is 79.9. The first kappa shape index (κ1) is 12.7. The molecule has 0 aliphatic heterocycles. The summed E-state index contributed by atoms with van der Waals surface area (Å²) in [5, 5.41) is 2.60. The predicted molar refractivity (Wildman–Crippen MR) is 64.4 cm³/mol. The molecular formula is C11H12BrNO3. The maximum absolute atomic E-state index is 11.5. The Balaban J connectivity index is 2.98. The van der Waals surface area contributed by atoms with E-state index in [-0.39, 0.29) is 5.91 Å². The largest absolute Gasteiger partial charge is 0.462 e. The molecular weight excluding hydrogens is 274 g/mol. The Hall–Kier alpha value is -1.36. The molecule has 16 heavy (non-hydrogen) atoms.